The molecule has 3 fully saturated rings. The first-order chi connectivity index (χ1) is 25.5. The molecule has 3 aliphatic heterocycles. The Balaban J connectivity index is 1.32. The molecule has 54 heavy (non-hydrogen) atoms. The normalized spacial score (nSPS) is 37.2. The Morgan fingerprint density at radius 2 is 1.39 bits per heavy atom. The number of carboxylic acids is 1. The Labute approximate surface area is 302 Å². The molecule has 0 unspecified atom stereocenters. The highest BCUT2D eigenvalue weighted by Crippen LogP contribution is 2.37. The number of aliphatic hydroxyl groups is 8. The number of phenolic OH excluding ortho intramolecular Hbond substituents is 3. The summed E-state index contributed by atoms with van der Waals surface area (Å²) in [5.41, 5.74) is -0.856. The maximum absolute atomic E-state index is 13.0. The van der Waals surface area contributed by atoms with Gasteiger partial charge in [-0.3, -0.25) is 4.79 Å². The molecule has 3 aliphatic rings. The minimum atomic E-state index is -2.12. The summed E-state index contributed by atoms with van der Waals surface area (Å²) in [4.78, 5) is 24.7. The minimum absolute atomic E-state index is 0.110. The van der Waals surface area contributed by atoms with E-state index in [4.69, 9.17) is 32.8 Å². The van der Waals surface area contributed by atoms with Gasteiger partial charge >= 0.3 is 5.97 Å². The van der Waals surface area contributed by atoms with Crippen LogP contribution in [0.5, 0.6) is 23.0 Å². The first kappa shape index (κ1) is 39.5. The summed E-state index contributed by atoms with van der Waals surface area (Å²) in [5, 5.41) is 123. The number of rotatable bonds is 9. The fourth-order valence-electron chi connectivity index (χ4n) is 6.21. The number of hydrogen-bond acceptors (Lipinski definition) is 20. The van der Waals surface area contributed by atoms with Gasteiger partial charge in [0.1, 0.15) is 83.2 Å². The Morgan fingerprint density at radius 3 is 2.07 bits per heavy atom. The van der Waals surface area contributed by atoms with Crippen molar-refractivity contribution in [2.75, 3.05) is 6.61 Å². The molecular weight excluding hydrogens is 732 g/mol. The molecule has 0 aliphatic carbocycles. The molecule has 6 rings (SSSR count). The highest BCUT2D eigenvalue weighted by atomic mass is 16.8. The zero-order valence-corrected chi connectivity index (χ0v) is 27.9. The maximum Gasteiger partial charge on any atom is 0.335 e. The number of aromatic hydroxyl groups is 3. The SMILES string of the molecule is C[C@@H]1O[C@@H](OC[C@H]2O[C@@H](Oc3cc(O)c4c(=O)cc(-c5ccc(O)c(O)c5)oc4c3)[C@H](O[C@@H]3O[C@H](C(=O)O)[C@@H](O)[C@H](O)[C@H]3O)[C@@H](O)[C@@H]2O)[C@H](O)[C@H](O)[C@H]1O. The second-order valence-electron chi connectivity index (χ2n) is 13.0. The van der Waals surface area contributed by atoms with Gasteiger partial charge in [-0.05, 0) is 25.1 Å². The van der Waals surface area contributed by atoms with Crippen LogP contribution in [0.3, 0.4) is 0 Å². The summed E-state index contributed by atoms with van der Waals surface area (Å²) in [6, 6.07) is 6.66. The zero-order valence-electron chi connectivity index (χ0n) is 27.9. The van der Waals surface area contributed by atoms with Crippen molar-refractivity contribution in [3.63, 3.8) is 0 Å². The predicted octanol–water partition coefficient (Wildman–Crippen LogP) is -3.48. The molecule has 12 N–H and O–H groups in total. The average molecular weight is 771 g/mol. The van der Waals surface area contributed by atoms with E-state index in [9.17, 15) is 70.9 Å². The van der Waals surface area contributed by atoms with Gasteiger partial charge in [0.25, 0.3) is 0 Å². The third-order valence-electron chi connectivity index (χ3n) is 9.28. The summed E-state index contributed by atoms with van der Waals surface area (Å²) < 4.78 is 39.3. The molecule has 1 aromatic heterocycles. The largest absolute Gasteiger partial charge is 0.507 e. The van der Waals surface area contributed by atoms with Crippen LogP contribution in [0.25, 0.3) is 22.3 Å². The van der Waals surface area contributed by atoms with E-state index >= 15 is 0 Å². The molecular formula is C33H38O21. The Kier molecular flexibility index (Phi) is 11.3. The van der Waals surface area contributed by atoms with Crippen LogP contribution in [-0.4, -0.2) is 166 Å². The molecule has 0 spiro atoms. The molecule has 15 atom stereocenters. The number of hydrogen-bond donors (Lipinski definition) is 12. The van der Waals surface area contributed by atoms with Crippen LogP contribution in [0, 0.1) is 0 Å². The fraction of sp³-hybridized carbons (Fsp3) is 0.515. The van der Waals surface area contributed by atoms with E-state index in [0.717, 1.165) is 30.3 Å². The molecule has 0 radical (unpaired) electrons. The lowest BCUT2D eigenvalue weighted by molar-refractivity contribution is -0.359. The van der Waals surface area contributed by atoms with Gasteiger partial charge < -0.3 is 94.1 Å². The lowest BCUT2D eigenvalue weighted by Gasteiger charge is -2.46. The predicted molar refractivity (Wildman–Crippen MR) is 172 cm³/mol. The third-order valence-corrected chi connectivity index (χ3v) is 9.28. The van der Waals surface area contributed by atoms with E-state index in [2.05, 4.69) is 0 Å². The van der Waals surface area contributed by atoms with Gasteiger partial charge in [0.05, 0.1) is 12.7 Å². The first-order valence-electron chi connectivity index (χ1n) is 16.4. The minimum Gasteiger partial charge on any atom is -0.507 e. The summed E-state index contributed by atoms with van der Waals surface area (Å²) in [6.45, 7) is 0.708. The van der Waals surface area contributed by atoms with E-state index < -0.39 is 127 Å². The Bertz CT molecular complexity index is 1880. The third kappa shape index (κ3) is 7.54. The van der Waals surface area contributed by atoms with Crippen molar-refractivity contribution in [1.82, 2.24) is 0 Å². The van der Waals surface area contributed by atoms with Crippen LogP contribution >= 0.6 is 0 Å². The van der Waals surface area contributed by atoms with Crippen molar-refractivity contribution in [2.24, 2.45) is 0 Å². The van der Waals surface area contributed by atoms with E-state index in [1.54, 1.807) is 0 Å². The lowest BCUT2D eigenvalue weighted by atomic mass is 9.97. The van der Waals surface area contributed by atoms with Crippen molar-refractivity contribution in [3.05, 3.63) is 46.6 Å². The van der Waals surface area contributed by atoms with Gasteiger partial charge in [0, 0.05) is 23.8 Å². The number of aliphatic carboxylic acids is 1. The molecule has 21 nitrogen and oxygen atoms in total. The number of phenols is 3. The number of carbonyl (C=O) groups is 1. The van der Waals surface area contributed by atoms with Crippen molar-refractivity contribution < 1.29 is 98.9 Å². The van der Waals surface area contributed by atoms with Crippen molar-refractivity contribution in [1.29, 1.82) is 0 Å². The molecule has 4 heterocycles. The van der Waals surface area contributed by atoms with Crippen molar-refractivity contribution in [2.45, 2.75) is 99.0 Å². The van der Waals surface area contributed by atoms with Crippen molar-refractivity contribution in [3.8, 4) is 34.3 Å². The molecule has 3 aromatic rings. The van der Waals surface area contributed by atoms with E-state index in [1.165, 1.54) is 13.0 Å². The summed E-state index contributed by atoms with van der Waals surface area (Å²) in [6.07, 6.45) is -27.4. The van der Waals surface area contributed by atoms with E-state index in [1.807, 2.05) is 0 Å². The van der Waals surface area contributed by atoms with E-state index in [-0.39, 0.29) is 28.0 Å². The number of ether oxygens (including phenoxy) is 6. The fourth-order valence-corrected chi connectivity index (χ4v) is 6.21. The average Bonchev–Trinajstić information content (AvgIpc) is 3.12. The first-order valence-corrected chi connectivity index (χ1v) is 16.4. The monoisotopic (exact) mass is 770 g/mol. The lowest BCUT2D eigenvalue weighted by Crippen LogP contribution is -2.66. The molecule has 296 valence electrons. The topological polar surface area (TPSA) is 345 Å². The van der Waals surface area contributed by atoms with Crippen LogP contribution in [0.1, 0.15) is 6.92 Å². The van der Waals surface area contributed by atoms with E-state index in [0.29, 0.717) is 0 Å². The van der Waals surface area contributed by atoms with Gasteiger partial charge in [0.15, 0.2) is 41.7 Å². The molecule has 21 heteroatoms. The summed E-state index contributed by atoms with van der Waals surface area (Å²) >= 11 is 0. The second-order valence-corrected chi connectivity index (χ2v) is 13.0. The molecule has 2 aromatic carbocycles. The summed E-state index contributed by atoms with van der Waals surface area (Å²) in [7, 11) is 0. The number of aliphatic hydroxyl groups excluding tert-OH is 8. The number of fused-ring (bicyclic) bond motifs is 1. The van der Waals surface area contributed by atoms with Gasteiger partial charge in [-0.2, -0.15) is 0 Å². The van der Waals surface area contributed by atoms with Crippen LogP contribution < -0.4 is 10.2 Å². The highest BCUT2D eigenvalue weighted by Gasteiger charge is 2.53. The quantitative estimate of drug-likeness (QED) is 0.0940. The van der Waals surface area contributed by atoms with Crippen LogP contribution in [-0.2, 0) is 28.5 Å². The molecule has 0 amide bonds. The summed E-state index contributed by atoms with van der Waals surface area (Å²) in [5.74, 6) is -3.83. The van der Waals surface area contributed by atoms with Gasteiger partial charge in [0.2, 0.25) is 6.29 Å². The Hall–Kier alpha value is -4.20. The molecule has 3 saturated heterocycles. The van der Waals surface area contributed by atoms with Gasteiger partial charge in [-0.15, -0.1) is 0 Å². The highest BCUT2D eigenvalue weighted by molar-refractivity contribution is 5.86. The van der Waals surface area contributed by atoms with Crippen LogP contribution in [0.2, 0.25) is 0 Å². The maximum atomic E-state index is 13.0. The van der Waals surface area contributed by atoms with Gasteiger partial charge in [-0.25, -0.2) is 4.79 Å². The molecule has 0 saturated carbocycles. The molecule has 0 bridgehead atoms. The number of carboxylic acid groups (broad SMARTS) is 1. The van der Waals surface area contributed by atoms with Gasteiger partial charge in [-0.1, -0.05) is 0 Å². The van der Waals surface area contributed by atoms with Crippen molar-refractivity contribution >= 4 is 16.9 Å². The zero-order chi connectivity index (χ0) is 39.3. The number of benzene rings is 2. The second kappa shape index (κ2) is 15.5. The van der Waals surface area contributed by atoms with Crippen LogP contribution in [0.15, 0.2) is 45.6 Å². The smallest absolute Gasteiger partial charge is 0.335 e. The standard InChI is InChI=1S/C33H38O21/c1-9-20(38)22(40)26(44)31(49-9)48-8-18-21(39)24(42)29(54-32-27(45)23(41)25(43)28(53-32)30(46)47)33(52-18)50-11-5-14(36)19-15(37)7-16(51-17(19)6-11)10-2-3-12(34)13(35)4-10/h2-7,9,18,20-29,31-36,38-45H,8H2,1H3,(H,46,47)/t9-,18+,20-,21+,22+,23-,24-,25-,26+,27+,28-,29+,31+,32-,33+/m0/s1. The Morgan fingerprint density at radius 1 is 0.704 bits per heavy atom. The van der Waals surface area contributed by atoms with Crippen LogP contribution in [0.4, 0.5) is 0 Å².